The fourth-order valence-corrected chi connectivity index (χ4v) is 2.53. The summed E-state index contributed by atoms with van der Waals surface area (Å²) in [5.41, 5.74) is 1.82. The molecular weight excluding hydrogens is 314 g/mol. The zero-order valence-electron chi connectivity index (χ0n) is 13.5. The summed E-state index contributed by atoms with van der Waals surface area (Å²) in [6.45, 7) is 0. The molecule has 0 aliphatic rings. The van der Waals surface area contributed by atoms with Crippen LogP contribution in [0.2, 0.25) is 0 Å². The number of hydrogen-bond donors (Lipinski definition) is 1. The minimum absolute atomic E-state index is 0.485. The molecule has 2 heterocycles. The van der Waals surface area contributed by atoms with E-state index >= 15 is 0 Å². The van der Waals surface area contributed by atoms with Gasteiger partial charge < -0.3 is 10.1 Å². The molecule has 2 aromatic heterocycles. The fraction of sp³-hybridized carbons (Fsp3) is 0.0526. The molecule has 122 valence electrons. The molecule has 1 N–H and O–H groups in total. The predicted molar refractivity (Wildman–Crippen MR) is 96.8 cm³/mol. The normalized spacial score (nSPS) is 10.6. The lowest BCUT2D eigenvalue weighted by Gasteiger charge is -2.11. The van der Waals surface area contributed by atoms with Crippen molar-refractivity contribution >= 4 is 22.5 Å². The number of aromatic nitrogens is 4. The average molecular weight is 329 g/mol. The quantitative estimate of drug-likeness (QED) is 0.613. The summed E-state index contributed by atoms with van der Waals surface area (Å²) in [6.07, 6.45) is 1.45. The Morgan fingerprint density at radius 1 is 0.880 bits per heavy atom. The third-order valence-electron chi connectivity index (χ3n) is 3.73. The first-order valence-electron chi connectivity index (χ1n) is 7.79. The highest BCUT2D eigenvalue weighted by Gasteiger charge is 2.10. The Hall–Kier alpha value is -3.54. The topological polar surface area (TPSA) is 72.8 Å². The maximum absolute atomic E-state index is 5.15. The van der Waals surface area contributed by atoms with E-state index in [-0.39, 0.29) is 0 Å². The molecule has 4 rings (SSSR count). The molecule has 0 fully saturated rings. The first kappa shape index (κ1) is 15.0. The van der Waals surface area contributed by atoms with Gasteiger partial charge in [0, 0.05) is 17.0 Å². The molecule has 0 saturated heterocycles. The number of rotatable bonds is 4. The maximum atomic E-state index is 5.15. The second-order valence-corrected chi connectivity index (χ2v) is 5.35. The van der Waals surface area contributed by atoms with Crippen molar-refractivity contribution < 1.29 is 4.74 Å². The van der Waals surface area contributed by atoms with E-state index in [0.717, 1.165) is 16.5 Å². The highest BCUT2D eigenvalue weighted by atomic mass is 16.5. The minimum Gasteiger partial charge on any atom is -0.481 e. The lowest BCUT2D eigenvalue weighted by molar-refractivity contribution is 0.397. The first-order chi connectivity index (χ1) is 12.3. The van der Waals surface area contributed by atoms with Crippen LogP contribution in [0.5, 0.6) is 5.88 Å². The van der Waals surface area contributed by atoms with Crippen molar-refractivity contribution in [2.24, 2.45) is 0 Å². The summed E-state index contributed by atoms with van der Waals surface area (Å²) in [4.78, 5) is 17.6. The average Bonchev–Trinajstić information content (AvgIpc) is 2.69. The molecule has 2 aromatic carbocycles. The van der Waals surface area contributed by atoms with Crippen molar-refractivity contribution in [3.63, 3.8) is 0 Å². The van der Waals surface area contributed by atoms with Crippen LogP contribution in [0.15, 0.2) is 67.0 Å². The largest absolute Gasteiger partial charge is 0.481 e. The van der Waals surface area contributed by atoms with Crippen LogP contribution in [0.1, 0.15) is 0 Å². The Bertz CT molecular complexity index is 1020. The van der Waals surface area contributed by atoms with Crippen LogP contribution >= 0.6 is 0 Å². The summed E-state index contributed by atoms with van der Waals surface area (Å²) in [5.74, 6) is 2.43. The van der Waals surface area contributed by atoms with E-state index in [9.17, 15) is 0 Å². The number of fused-ring (bicyclic) bond motifs is 1. The zero-order valence-corrected chi connectivity index (χ0v) is 13.5. The van der Waals surface area contributed by atoms with Gasteiger partial charge >= 0.3 is 0 Å². The van der Waals surface area contributed by atoms with E-state index in [4.69, 9.17) is 9.72 Å². The molecule has 0 atom stereocenters. The van der Waals surface area contributed by atoms with Gasteiger partial charge in [-0.05, 0) is 12.1 Å². The molecular formula is C19H15N5O. The summed E-state index contributed by atoms with van der Waals surface area (Å²) in [5, 5.41) is 4.17. The second kappa shape index (κ2) is 6.52. The molecule has 0 radical (unpaired) electrons. The number of ether oxygens (including phenoxy) is 1. The van der Waals surface area contributed by atoms with Crippen LogP contribution in [0.25, 0.3) is 22.3 Å². The van der Waals surface area contributed by atoms with E-state index in [0.29, 0.717) is 23.3 Å². The van der Waals surface area contributed by atoms with Crippen LogP contribution in [0.4, 0.5) is 11.6 Å². The molecule has 0 unspecified atom stereocenters. The van der Waals surface area contributed by atoms with Gasteiger partial charge in [0.05, 0.1) is 12.6 Å². The number of benzene rings is 2. The summed E-state index contributed by atoms with van der Waals surface area (Å²) >= 11 is 0. The molecule has 0 bridgehead atoms. The van der Waals surface area contributed by atoms with Crippen molar-refractivity contribution in [1.29, 1.82) is 0 Å². The van der Waals surface area contributed by atoms with Gasteiger partial charge in [-0.3, -0.25) is 0 Å². The summed E-state index contributed by atoms with van der Waals surface area (Å²) in [7, 11) is 1.57. The fourth-order valence-electron chi connectivity index (χ4n) is 2.53. The number of methoxy groups -OCH3 is 1. The molecule has 25 heavy (non-hydrogen) atoms. The number of nitrogens with zero attached hydrogens (tertiary/aromatic N) is 4. The molecule has 6 heteroatoms. The lowest BCUT2D eigenvalue weighted by atomic mass is 10.2. The highest BCUT2D eigenvalue weighted by Crippen LogP contribution is 2.27. The van der Waals surface area contributed by atoms with Crippen LogP contribution in [-0.4, -0.2) is 27.0 Å². The SMILES string of the molecule is COc1cc(Nc2nc(-c3ccccc3)nc3ccccc23)ncn1. The van der Waals surface area contributed by atoms with E-state index < -0.39 is 0 Å². The van der Waals surface area contributed by atoms with E-state index in [1.54, 1.807) is 13.2 Å². The Labute approximate surface area is 144 Å². The molecule has 4 aromatic rings. The highest BCUT2D eigenvalue weighted by molar-refractivity contribution is 5.91. The Morgan fingerprint density at radius 2 is 1.68 bits per heavy atom. The van der Waals surface area contributed by atoms with Crippen LogP contribution in [0.3, 0.4) is 0 Å². The standard InChI is InChI=1S/C19H15N5O/c1-25-17-11-16(20-12-21-17)23-19-14-9-5-6-10-15(14)22-18(24-19)13-7-3-2-4-8-13/h2-12H,1H3,(H,20,21,22,23,24). The molecule has 6 nitrogen and oxygen atoms in total. The first-order valence-corrected chi connectivity index (χ1v) is 7.79. The van der Waals surface area contributed by atoms with Crippen molar-refractivity contribution in [1.82, 2.24) is 19.9 Å². The number of hydrogen-bond acceptors (Lipinski definition) is 6. The van der Waals surface area contributed by atoms with Gasteiger partial charge in [-0.2, -0.15) is 0 Å². The van der Waals surface area contributed by atoms with Crippen molar-refractivity contribution in [2.45, 2.75) is 0 Å². The van der Waals surface area contributed by atoms with E-state index in [1.807, 2.05) is 54.6 Å². The summed E-state index contributed by atoms with van der Waals surface area (Å²) < 4.78 is 5.15. The minimum atomic E-state index is 0.485. The molecule has 0 saturated carbocycles. The van der Waals surface area contributed by atoms with Gasteiger partial charge in [0.25, 0.3) is 0 Å². The van der Waals surface area contributed by atoms with Gasteiger partial charge in [0.1, 0.15) is 18.0 Å². The molecule has 0 spiro atoms. The van der Waals surface area contributed by atoms with Crippen LogP contribution < -0.4 is 10.1 Å². The molecule has 0 aliphatic carbocycles. The Morgan fingerprint density at radius 3 is 2.52 bits per heavy atom. The lowest BCUT2D eigenvalue weighted by Crippen LogP contribution is -2.01. The second-order valence-electron chi connectivity index (χ2n) is 5.35. The van der Waals surface area contributed by atoms with E-state index in [2.05, 4.69) is 20.3 Å². The van der Waals surface area contributed by atoms with Gasteiger partial charge in [-0.1, -0.05) is 42.5 Å². The third-order valence-corrected chi connectivity index (χ3v) is 3.73. The molecule has 0 aliphatic heterocycles. The smallest absolute Gasteiger partial charge is 0.218 e. The van der Waals surface area contributed by atoms with Crippen molar-refractivity contribution in [3.05, 3.63) is 67.0 Å². The molecule has 0 amide bonds. The van der Waals surface area contributed by atoms with E-state index in [1.165, 1.54) is 6.33 Å². The Kier molecular flexibility index (Phi) is 3.92. The third kappa shape index (κ3) is 3.10. The van der Waals surface area contributed by atoms with Gasteiger partial charge in [-0.25, -0.2) is 19.9 Å². The van der Waals surface area contributed by atoms with Gasteiger partial charge in [0.15, 0.2) is 5.82 Å². The number of anilines is 2. The van der Waals surface area contributed by atoms with Crippen LogP contribution in [0, 0.1) is 0 Å². The van der Waals surface area contributed by atoms with Crippen LogP contribution in [-0.2, 0) is 0 Å². The van der Waals surface area contributed by atoms with Gasteiger partial charge in [-0.15, -0.1) is 0 Å². The monoisotopic (exact) mass is 329 g/mol. The zero-order chi connectivity index (χ0) is 17.1. The van der Waals surface area contributed by atoms with Crippen molar-refractivity contribution in [3.8, 4) is 17.3 Å². The number of para-hydroxylation sites is 1. The Balaban J connectivity index is 1.83. The number of nitrogens with one attached hydrogen (secondary N) is 1. The predicted octanol–water partition coefficient (Wildman–Crippen LogP) is 3.84. The van der Waals surface area contributed by atoms with Crippen molar-refractivity contribution in [2.75, 3.05) is 12.4 Å². The maximum Gasteiger partial charge on any atom is 0.218 e. The van der Waals surface area contributed by atoms with Gasteiger partial charge in [0.2, 0.25) is 5.88 Å². The summed E-state index contributed by atoms with van der Waals surface area (Å²) in [6, 6.07) is 19.5.